The summed E-state index contributed by atoms with van der Waals surface area (Å²) in [5, 5.41) is 11.0. The fourth-order valence-corrected chi connectivity index (χ4v) is 3.21. The molecule has 7 heteroatoms. The summed E-state index contributed by atoms with van der Waals surface area (Å²) in [6, 6.07) is 7.90. The molecule has 0 unspecified atom stereocenters. The minimum Gasteiger partial charge on any atom is -0.478 e. The van der Waals surface area contributed by atoms with Crippen LogP contribution in [-0.4, -0.2) is 11.1 Å². The van der Waals surface area contributed by atoms with Crippen molar-refractivity contribution in [3.8, 4) is 0 Å². The lowest BCUT2D eigenvalue weighted by Crippen LogP contribution is -2.05. The van der Waals surface area contributed by atoms with Crippen LogP contribution in [0.2, 0.25) is 0 Å². The number of hydrogen-bond acceptors (Lipinski definition) is 1. The Morgan fingerprint density at radius 3 is 2.17 bits per heavy atom. The Hall–Kier alpha value is -1.60. The second-order valence-corrected chi connectivity index (χ2v) is 6.68. The molecule has 0 aliphatic rings. The molecule has 0 bridgehead atoms. The smallest absolute Gasteiger partial charge is 0.416 e. The van der Waals surface area contributed by atoms with Gasteiger partial charge in [0.15, 0.2) is 0 Å². The zero-order valence-corrected chi connectivity index (χ0v) is 14.4. The number of halogens is 5. The van der Waals surface area contributed by atoms with Crippen LogP contribution < -0.4 is 0 Å². The maximum Gasteiger partial charge on any atom is 0.416 e. The molecule has 118 valence electrons. The zero-order chi connectivity index (χ0) is 16.9. The van der Waals surface area contributed by atoms with Crippen LogP contribution in [0.1, 0.15) is 15.9 Å². The molecule has 23 heavy (non-hydrogen) atoms. The summed E-state index contributed by atoms with van der Waals surface area (Å²) in [5.74, 6) is -1.18. The summed E-state index contributed by atoms with van der Waals surface area (Å²) < 4.78 is 40.3. The lowest BCUT2D eigenvalue weighted by Gasteiger charge is -2.12. The molecule has 3 aromatic rings. The molecule has 0 aliphatic heterocycles. The third-order valence-electron chi connectivity index (χ3n) is 3.55. The largest absolute Gasteiger partial charge is 0.478 e. The van der Waals surface area contributed by atoms with Crippen LogP contribution in [0.5, 0.6) is 0 Å². The number of rotatable bonds is 1. The molecule has 0 fully saturated rings. The molecule has 0 radical (unpaired) electrons. The first-order chi connectivity index (χ1) is 10.7. The molecule has 2 nitrogen and oxygen atoms in total. The van der Waals surface area contributed by atoms with Gasteiger partial charge in [0.1, 0.15) is 0 Å². The number of carboxylic acid groups (broad SMARTS) is 1. The second kappa shape index (κ2) is 5.49. The van der Waals surface area contributed by atoms with E-state index in [2.05, 4.69) is 31.9 Å². The van der Waals surface area contributed by atoms with Crippen LogP contribution in [0.15, 0.2) is 45.3 Å². The highest BCUT2D eigenvalue weighted by Crippen LogP contribution is 2.38. The monoisotopic (exact) mass is 446 g/mol. The fraction of sp³-hybridized carbons (Fsp3) is 0.0625. The molecule has 0 atom stereocenters. The quantitative estimate of drug-likeness (QED) is 0.448. The van der Waals surface area contributed by atoms with Gasteiger partial charge in [0, 0.05) is 8.95 Å². The van der Waals surface area contributed by atoms with E-state index >= 15 is 0 Å². The SMILES string of the molecule is O=C(O)c1cc2cc(Br)c(Br)cc2c2cc(C(F)(F)F)ccc12. The van der Waals surface area contributed by atoms with Gasteiger partial charge in [-0.3, -0.25) is 0 Å². The van der Waals surface area contributed by atoms with Crippen LogP contribution in [-0.2, 0) is 6.18 Å². The highest BCUT2D eigenvalue weighted by atomic mass is 79.9. The Bertz CT molecular complexity index is 965. The Morgan fingerprint density at radius 2 is 1.57 bits per heavy atom. The van der Waals surface area contributed by atoms with Crippen LogP contribution in [0.4, 0.5) is 13.2 Å². The standard InChI is InChI=1S/C16H7Br2F3O2/c17-13-4-7-3-12(15(22)23)9-2-1-8(16(19,20)21)5-11(9)10(7)6-14(13)18/h1-6H,(H,22,23). The second-order valence-electron chi connectivity index (χ2n) is 4.97. The van der Waals surface area contributed by atoms with Gasteiger partial charge in [-0.25, -0.2) is 4.79 Å². The molecule has 3 aromatic carbocycles. The van der Waals surface area contributed by atoms with Crippen molar-refractivity contribution in [3.05, 3.63) is 56.5 Å². The summed E-state index contributed by atoms with van der Waals surface area (Å²) >= 11 is 6.64. The fourth-order valence-electron chi connectivity index (χ4n) is 2.50. The number of hydrogen-bond donors (Lipinski definition) is 1. The number of benzene rings is 3. The molecule has 0 heterocycles. The van der Waals surface area contributed by atoms with Gasteiger partial charge in [0.25, 0.3) is 0 Å². The van der Waals surface area contributed by atoms with E-state index in [1.165, 1.54) is 12.1 Å². The van der Waals surface area contributed by atoms with Gasteiger partial charge in [0.2, 0.25) is 0 Å². The van der Waals surface area contributed by atoms with Crippen LogP contribution >= 0.6 is 31.9 Å². The Balaban J connectivity index is 2.52. The van der Waals surface area contributed by atoms with E-state index in [0.29, 0.717) is 19.7 Å². The van der Waals surface area contributed by atoms with Crippen LogP contribution in [0.25, 0.3) is 21.5 Å². The summed E-state index contributed by atoms with van der Waals surface area (Å²) in [7, 11) is 0. The Labute approximate surface area is 145 Å². The van der Waals surface area contributed by atoms with Crippen molar-refractivity contribution >= 4 is 59.4 Å². The van der Waals surface area contributed by atoms with Crippen molar-refractivity contribution in [1.82, 2.24) is 0 Å². The van der Waals surface area contributed by atoms with E-state index in [4.69, 9.17) is 0 Å². The predicted molar refractivity (Wildman–Crippen MR) is 88.8 cm³/mol. The minimum absolute atomic E-state index is 0.0320. The molecular weight excluding hydrogens is 441 g/mol. The molecule has 0 saturated carbocycles. The highest BCUT2D eigenvalue weighted by Gasteiger charge is 2.31. The van der Waals surface area contributed by atoms with E-state index in [0.717, 1.165) is 12.1 Å². The predicted octanol–water partition coefficient (Wildman–Crippen LogP) is 6.24. The Morgan fingerprint density at radius 1 is 0.913 bits per heavy atom. The van der Waals surface area contributed by atoms with Crippen molar-refractivity contribution in [1.29, 1.82) is 0 Å². The first kappa shape index (κ1) is 16.3. The summed E-state index contributed by atoms with van der Waals surface area (Å²) in [6.07, 6.45) is -4.49. The third kappa shape index (κ3) is 2.83. The summed E-state index contributed by atoms with van der Waals surface area (Å²) in [6.45, 7) is 0. The highest BCUT2D eigenvalue weighted by molar-refractivity contribution is 9.13. The number of carboxylic acids is 1. The van der Waals surface area contributed by atoms with Gasteiger partial charge >= 0.3 is 12.1 Å². The van der Waals surface area contributed by atoms with E-state index in [-0.39, 0.29) is 16.3 Å². The van der Waals surface area contributed by atoms with Crippen molar-refractivity contribution in [2.75, 3.05) is 0 Å². The van der Waals surface area contributed by atoms with Crippen LogP contribution in [0, 0.1) is 0 Å². The zero-order valence-electron chi connectivity index (χ0n) is 11.2. The number of fused-ring (bicyclic) bond motifs is 3. The van der Waals surface area contributed by atoms with E-state index < -0.39 is 17.7 Å². The van der Waals surface area contributed by atoms with Crippen molar-refractivity contribution in [2.24, 2.45) is 0 Å². The van der Waals surface area contributed by atoms with Gasteiger partial charge in [-0.2, -0.15) is 13.2 Å². The average Bonchev–Trinajstić information content (AvgIpc) is 2.46. The molecule has 3 rings (SSSR count). The van der Waals surface area contributed by atoms with E-state index in [1.807, 2.05) is 0 Å². The molecule has 0 spiro atoms. The third-order valence-corrected chi connectivity index (χ3v) is 5.39. The molecular formula is C16H7Br2F3O2. The van der Waals surface area contributed by atoms with Gasteiger partial charge < -0.3 is 5.11 Å². The number of aromatic carboxylic acids is 1. The average molecular weight is 448 g/mol. The first-order valence-electron chi connectivity index (χ1n) is 6.34. The van der Waals surface area contributed by atoms with Crippen molar-refractivity contribution in [3.63, 3.8) is 0 Å². The molecule has 0 amide bonds. The maximum absolute atomic E-state index is 13.0. The number of carbonyl (C=O) groups is 1. The number of alkyl halides is 3. The van der Waals surface area contributed by atoms with Gasteiger partial charge in [-0.15, -0.1) is 0 Å². The molecule has 0 aromatic heterocycles. The van der Waals surface area contributed by atoms with Gasteiger partial charge in [0.05, 0.1) is 11.1 Å². The van der Waals surface area contributed by atoms with Crippen LogP contribution in [0.3, 0.4) is 0 Å². The first-order valence-corrected chi connectivity index (χ1v) is 7.93. The summed E-state index contributed by atoms with van der Waals surface area (Å²) in [5.41, 5.74) is -0.844. The van der Waals surface area contributed by atoms with E-state index in [1.54, 1.807) is 12.1 Å². The lowest BCUT2D eigenvalue weighted by atomic mass is 9.95. The summed E-state index contributed by atoms with van der Waals surface area (Å²) in [4.78, 5) is 11.4. The maximum atomic E-state index is 13.0. The lowest BCUT2D eigenvalue weighted by molar-refractivity contribution is -0.137. The normalized spacial score (nSPS) is 12.0. The van der Waals surface area contributed by atoms with Gasteiger partial charge in [-0.1, -0.05) is 6.07 Å². The molecule has 0 saturated heterocycles. The topological polar surface area (TPSA) is 37.3 Å². The van der Waals surface area contributed by atoms with E-state index in [9.17, 15) is 23.1 Å². The van der Waals surface area contributed by atoms with Crippen molar-refractivity contribution in [2.45, 2.75) is 6.18 Å². The Kier molecular flexibility index (Phi) is 3.88. The van der Waals surface area contributed by atoms with Crippen molar-refractivity contribution < 1.29 is 23.1 Å². The van der Waals surface area contributed by atoms with Gasteiger partial charge in [-0.05, 0) is 83.7 Å². The molecule has 0 aliphatic carbocycles. The molecule has 1 N–H and O–H groups in total. The minimum atomic E-state index is -4.49.